The van der Waals surface area contributed by atoms with Crippen molar-refractivity contribution >= 4 is 8.60 Å². The summed E-state index contributed by atoms with van der Waals surface area (Å²) in [5, 5.41) is 0. The van der Waals surface area contributed by atoms with E-state index in [1.165, 1.54) is 114 Å². The minimum absolute atomic E-state index is 0.765. The monoisotopic (exact) mass is 612 g/mol. The zero-order chi connectivity index (χ0) is 31.0. The Morgan fingerprint density at radius 2 is 0.837 bits per heavy atom. The number of aryl methyl sites for hydroxylation is 2. The fourth-order valence-corrected chi connectivity index (χ4v) is 7.23. The van der Waals surface area contributed by atoms with Gasteiger partial charge in [-0.3, -0.25) is 4.52 Å². The molecule has 0 aliphatic carbocycles. The summed E-state index contributed by atoms with van der Waals surface area (Å²) in [5.74, 6) is 0. The first-order valence-electron chi connectivity index (χ1n) is 18.1. The zero-order valence-electron chi connectivity index (χ0n) is 28.1. The molecule has 0 fully saturated rings. The lowest BCUT2D eigenvalue weighted by Gasteiger charge is -2.38. The standard InChI is InChI=1S/C39H65O3P/c1-4-7-10-13-16-18-21-28-35-30-23-25-32-37(35)39(42-43(40)41,34-27-20-15-12-9-6-3)38-33-26-24-31-36(38)29-22-19-17-14-11-8-5-2/h23-26,30-33,40-41H,4-22,27-29,34H2,1-3H3. The van der Waals surface area contributed by atoms with Crippen molar-refractivity contribution in [3.63, 3.8) is 0 Å². The van der Waals surface area contributed by atoms with Gasteiger partial charge in [0.25, 0.3) is 0 Å². The Labute approximate surface area is 267 Å². The lowest BCUT2D eigenvalue weighted by atomic mass is 9.76. The van der Waals surface area contributed by atoms with Crippen LogP contribution in [-0.2, 0) is 23.0 Å². The average Bonchev–Trinajstić information content (AvgIpc) is 3.01. The normalized spacial score (nSPS) is 12.0. The Hall–Kier alpha value is -1.25. The molecule has 43 heavy (non-hydrogen) atoms. The van der Waals surface area contributed by atoms with Gasteiger partial charge in [-0.15, -0.1) is 0 Å². The van der Waals surface area contributed by atoms with Crippen LogP contribution in [-0.4, -0.2) is 9.79 Å². The number of hydrogen-bond acceptors (Lipinski definition) is 3. The van der Waals surface area contributed by atoms with E-state index in [1.807, 2.05) is 0 Å². The predicted octanol–water partition coefficient (Wildman–Crippen LogP) is 12.5. The molecule has 4 heteroatoms. The van der Waals surface area contributed by atoms with E-state index in [1.54, 1.807) is 0 Å². The largest absolute Gasteiger partial charge is 0.328 e. The van der Waals surface area contributed by atoms with Gasteiger partial charge < -0.3 is 9.79 Å². The maximum Gasteiger partial charge on any atom is 0.328 e. The topological polar surface area (TPSA) is 49.7 Å². The second kappa shape index (κ2) is 24.0. The molecule has 0 heterocycles. The first-order valence-corrected chi connectivity index (χ1v) is 19.3. The third kappa shape index (κ3) is 14.6. The predicted molar refractivity (Wildman–Crippen MR) is 187 cm³/mol. The number of benzene rings is 2. The smallest absolute Gasteiger partial charge is 0.328 e. The van der Waals surface area contributed by atoms with E-state index in [-0.39, 0.29) is 0 Å². The van der Waals surface area contributed by atoms with Crippen molar-refractivity contribution in [3.8, 4) is 0 Å². The summed E-state index contributed by atoms with van der Waals surface area (Å²) in [6, 6.07) is 17.4. The van der Waals surface area contributed by atoms with Crippen molar-refractivity contribution in [2.75, 3.05) is 0 Å². The van der Waals surface area contributed by atoms with Crippen LogP contribution in [0.2, 0.25) is 0 Å². The summed E-state index contributed by atoms with van der Waals surface area (Å²) in [7, 11) is -2.54. The minimum Gasteiger partial charge on any atom is -0.328 e. The molecule has 0 atom stereocenters. The number of unbranched alkanes of at least 4 members (excludes halogenated alkanes) is 17. The minimum atomic E-state index is -2.54. The molecular weight excluding hydrogens is 547 g/mol. The van der Waals surface area contributed by atoms with Gasteiger partial charge in [-0.1, -0.05) is 178 Å². The lowest BCUT2D eigenvalue weighted by Crippen LogP contribution is -2.32. The van der Waals surface area contributed by atoms with Gasteiger partial charge in [-0.2, -0.15) is 0 Å². The van der Waals surface area contributed by atoms with Crippen molar-refractivity contribution in [1.82, 2.24) is 0 Å². The highest BCUT2D eigenvalue weighted by molar-refractivity contribution is 7.39. The van der Waals surface area contributed by atoms with Crippen LogP contribution in [0.15, 0.2) is 48.5 Å². The van der Waals surface area contributed by atoms with Crippen LogP contribution in [0, 0.1) is 0 Å². The van der Waals surface area contributed by atoms with E-state index in [0.29, 0.717) is 0 Å². The molecule has 244 valence electrons. The van der Waals surface area contributed by atoms with Crippen molar-refractivity contribution in [3.05, 3.63) is 70.8 Å². The van der Waals surface area contributed by atoms with Crippen LogP contribution in [0.3, 0.4) is 0 Å². The Kier molecular flexibility index (Phi) is 21.2. The number of hydrogen-bond donors (Lipinski definition) is 2. The van der Waals surface area contributed by atoms with Crippen molar-refractivity contribution in [2.24, 2.45) is 0 Å². The molecule has 0 spiro atoms. The molecule has 2 rings (SSSR count). The van der Waals surface area contributed by atoms with Crippen LogP contribution in [0.1, 0.15) is 178 Å². The Bertz CT molecular complexity index is 882. The maximum atomic E-state index is 10.5. The highest BCUT2D eigenvalue weighted by Gasteiger charge is 2.40. The molecule has 0 radical (unpaired) electrons. The van der Waals surface area contributed by atoms with Gasteiger partial charge in [-0.25, -0.2) is 0 Å². The van der Waals surface area contributed by atoms with Crippen molar-refractivity contribution in [1.29, 1.82) is 0 Å². The van der Waals surface area contributed by atoms with E-state index in [0.717, 1.165) is 56.1 Å². The summed E-state index contributed by atoms with van der Waals surface area (Å²) in [4.78, 5) is 21.0. The molecule has 0 aromatic heterocycles. The maximum absolute atomic E-state index is 10.5. The van der Waals surface area contributed by atoms with Gasteiger partial charge in [0.2, 0.25) is 0 Å². The van der Waals surface area contributed by atoms with Crippen LogP contribution in [0.4, 0.5) is 0 Å². The second-order valence-corrected chi connectivity index (χ2v) is 13.4. The van der Waals surface area contributed by atoms with Crippen molar-refractivity contribution in [2.45, 2.75) is 174 Å². The zero-order valence-corrected chi connectivity index (χ0v) is 29.0. The van der Waals surface area contributed by atoms with Crippen LogP contribution in [0.25, 0.3) is 0 Å². The van der Waals surface area contributed by atoms with Gasteiger partial charge in [0, 0.05) is 0 Å². The molecule has 0 saturated carbocycles. The van der Waals surface area contributed by atoms with Gasteiger partial charge in [0.15, 0.2) is 0 Å². The summed E-state index contributed by atoms with van der Waals surface area (Å²) in [6.45, 7) is 6.80. The lowest BCUT2D eigenvalue weighted by molar-refractivity contribution is 0.0773. The second-order valence-electron chi connectivity index (χ2n) is 12.7. The molecule has 3 nitrogen and oxygen atoms in total. The van der Waals surface area contributed by atoms with Crippen LogP contribution >= 0.6 is 8.60 Å². The van der Waals surface area contributed by atoms with Gasteiger partial charge >= 0.3 is 8.60 Å². The molecule has 0 unspecified atom stereocenters. The molecule has 0 aliphatic rings. The van der Waals surface area contributed by atoms with Crippen LogP contribution in [0.5, 0.6) is 0 Å². The SMILES string of the molecule is CCCCCCCCCc1ccccc1C(CCCCCCCC)(OP(O)O)c1ccccc1CCCCCCCCC. The van der Waals surface area contributed by atoms with Gasteiger partial charge in [0.05, 0.1) is 0 Å². The third-order valence-electron chi connectivity index (χ3n) is 9.12. The molecular formula is C39H65O3P. The molecule has 2 aromatic carbocycles. The Morgan fingerprint density at radius 1 is 0.488 bits per heavy atom. The molecule has 2 N–H and O–H groups in total. The quantitative estimate of drug-likeness (QED) is 0.0779. The summed E-state index contributed by atoms with van der Waals surface area (Å²) >= 11 is 0. The fourth-order valence-electron chi connectivity index (χ4n) is 6.66. The molecule has 2 aromatic rings. The van der Waals surface area contributed by atoms with E-state index < -0.39 is 14.2 Å². The van der Waals surface area contributed by atoms with E-state index in [4.69, 9.17) is 4.52 Å². The Balaban J connectivity index is 2.35. The van der Waals surface area contributed by atoms with Crippen molar-refractivity contribution < 1.29 is 14.3 Å². The first-order chi connectivity index (χ1) is 21.1. The third-order valence-corrected chi connectivity index (χ3v) is 9.60. The number of rotatable bonds is 27. The average molecular weight is 613 g/mol. The molecule has 0 aliphatic heterocycles. The highest BCUT2D eigenvalue weighted by Crippen LogP contribution is 2.49. The van der Waals surface area contributed by atoms with Gasteiger partial charge in [0.1, 0.15) is 5.60 Å². The first kappa shape index (κ1) is 37.9. The van der Waals surface area contributed by atoms with Gasteiger partial charge in [-0.05, 0) is 60.8 Å². The summed E-state index contributed by atoms with van der Waals surface area (Å²) < 4.78 is 6.44. The van der Waals surface area contributed by atoms with E-state index in [2.05, 4.69) is 69.3 Å². The summed E-state index contributed by atoms with van der Waals surface area (Å²) in [6.07, 6.45) is 27.9. The van der Waals surface area contributed by atoms with E-state index in [9.17, 15) is 9.79 Å². The van der Waals surface area contributed by atoms with E-state index >= 15 is 0 Å². The molecule has 0 amide bonds. The molecule has 0 saturated heterocycles. The highest BCUT2D eigenvalue weighted by atomic mass is 31.2. The Morgan fingerprint density at radius 3 is 1.23 bits per heavy atom. The van der Waals surface area contributed by atoms with Crippen LogP contribution < -0.4 is 0 Å². The summed E-state index contributed by atoms with van der Waals surface area (Å²) in [5.41, 5.74) is 4.01. The fraction of sp³-hybridized carbons (Fsp3) is 0.692. The molecule has 0 bridgehead atoms.